The van der Waals surface area contributed by atoms with Gasteiger partial charge >= 0.3 is 0 Å². The van der Waals surface area contributed by atoms with Crippen molar-refractivity contribution in [2.24, 2.45) is 0 Å². The molecule has 1 amide bonds. The van der Waals surface area contributed by atoms with Gasteiger partial charge in [0.15, 0.2) is 0 Å². The largest absolute Gasteiger partial charge is 0.497 e. The first-order chi connectivity index (χ1) is 12.1. The van der Waals surface area contributed by atoms with Crippen LogP contribution in [0.1, 0.15) is 24.1 Å². The summed E-state index contributed by atoms with van der Waals surface area (Å²) in [6.45, 7) is 2.18. The van der Waals surface area contributed by atoms with Gasteiger partial charge in [-0.05, 0) is 31.2 Å². The van der Waals surface area contributed by atoms with Crippen LogP contribution in [0.5, 0.6) is 17.2 Å². The van der Waals surface area contributed by atoms with E-state index in [1.165, 1.54) is 0 Å². The molecule has 0 fully saturated rings. The summed E-state index contributed by atoms with van der Waals surface area (Å²) in [6, 6.07) is 13.0. The van der Waals surface area contributed by atoms with E-state index in [0.29, 0.717) is 17.1 Å². The normalized spacial score (nSPS) is 13.8. The van der Waals surface area contributed by atoms with Crippen molar-refractivity contribution in [3.05, 3.63) is 59.2 Å². The first kappa shape index (κ1) is 16.9. The van der Waals surface area contributed by atoms with Gasteiger partial charge in [0, 0.05) is 17.2 Å². The minimum atomic E-state index is -0.216. The van der Waals surface area contributed by atoms with E-state index in [2.05, 4.69) is 5.32 Å². The highest BCUT2D eigenvalue weighted by Gasteiger charge is 2.20. The number of hydrogen-bond donors (Lipinski definition) is 1. The SMILES string of the molecule is COc1ccc(C(C)NC(=O)C2=Cc3ccccc3OC2)c(OC)c1. The Hall–Kier alpha value is -2.95. The number of para-hydroxylation sites is 1. The van der Waals surface area contributed by atoms with Gasteiger partial charge in [-0.15, -0.1) is 0 Å². The summed E-state index contributed by atoms with van der Waals surface area (Å²) in [7, 11) is 3.20. The van der Waals surface area contributed by atoms with Crippen LogP contribution in [0.2, 0.25) is 0 Å². The Kier molecular flexibility index (Phi) is 4.93. The third-order valence-electron chi connectivity index (χ3n) is 4.18. The molecule has 0 spiro atoms. The van der Waals surface area contributed by atoms with Gasteiger partial charge < -0.3 is 19.5 Å². The number of methoxy groups -OCH3 is 2. The summed E-state index contributed by atoms with van der Waals surface area (Å²) in [5, 5.41) is 3.00. The van der Waals surface area contributed by atoms with Crippen molar-refractivity contribution in [1.82, 2.24) is 5.32 Å². The number of nitrogens with one attached hydrogen (secondary N) is 1. The summed E-state index contributed by atoms with van der Waals surface area (Å²) in [5.41, 5.74) is 2.39. The van der Waals surface area contributed by atoms with E-state index in [9.17, 15) is 4.79 Å². The molecule has 5 nitrogen and oxygen atoms in total. The Morgan fingerprint density at radius 1 is 1.16 bits per heavy atom. The zero-order valence-electron chi connectivity index (χ0n) is 14.5. The van der Waals surface area contributed by atoms with Crippen molar-refractivity contribution >= 4 is 12.0 Å². The molecular weight excluding hydrogens is 318 g/mol. The fraction of sp³-hybridized carbons (Fsp3) is 0.250. The van der Waals surface area contributed by atoms with E-state index in [1.54, 1.807) is 20.3 Å². The van der Waals surface area contributed by atoms with Crippen LogP contribution in [0.4, 0.5) is 0 Å². The monoisotopic (exact) mass is 339 g/mol. The lowest BCUT2D eigenvalue weighted by atomic mass is 10.0. The molecule has 0 saturated heterocycles. The van der Waals surface area contributed by atoms with Crippen LogP contribution in [0, 0.1) is 0 Å². The molecule has 1 aliphatic rings. The smallest absolute Gasteiger partial charge is 0.251 e. The number of amides is 1. The second-order valence-corrected chi connectivity index (χ2v) is 5.80. The topological polar surface area (TPSA) is 56.8 Å². The predicted octanol–water partition coefficient (Wildman–Crippen LogP) is 3.36. The van der Waals surface area contributed by atoms with Gasteiger partial charge in [0.1, 0.15) is 23.9 Å². The number of hydrogen-bond acceptors (Lipinski definition) is 4. The molecule has 1 aliphatic heterocycles. The third-order valence-corrected chi connectivity index (χ3v) is 4.18. The Bertz CT molecular complexity index is 813. The van der Waals surface area contributed by atoms with Gasteiger partial charge in [-0.1, -0.05) is 18.2 Å². The van der Waals surface area contributed by atoms with E-state index in [4.69, 9.17) is 14.2 Å². The molecule has 0 radical (unpaired) electrons. The van der Waals surface area contributed by atoms with Crippen LogP contribution in [-0.4, -0.2) is 26.7 Å². The highest BCUT2D eigenvalue weighted by Crippen LogP contribution is 2.30. The Labute approximate surface area is 147 Å². The number of carbonyl (C=O) groups excluding carboxylic acids is 1. The molecule has 2 aromatic carbocycles. The summed E-state index contributed by atoms with van der Waals surface area (Å²) < 4.78 is 16.3. The minimum absolute atomic E-state index is 0.153. The maximum absolute atomic E-state index is 12.6. The second-order valence-electron chi connectivity index (χ2n) is 5.80. The number of benzene rings is 2. The van der Waals surface area contributed by atoms with Crippen molar-refractivity contribution in [1.29, 1.82) is 0 Å². The van der Waals surface area contributed by atoms with Crippen LogP contribution in [0.25, 0.3) is 6.08 Å². The minimum Gasteiger partial charge on any atom is -0.497 e. The van der Waals surface area contributed by atoms with Gasteiger partial charge in [0.2, 0.25) is 0 Å². The molecule has 1 N–H and O–H groups in total. The average molecular weight is 339 g/mol. The lowest BCUT2D eigenvalue weighted by Gasteiger charge is -2.21. The van der Waals surface area contributed by atoms with Gasteiger partial charge in [0.05, 0.1) is 25.8 Å². The number of fused-ring (bicyclic) bond motifs is 1. The molecule has 2 aromatic rings. The lowest BCUT2D eigenvalue weighted by molar-refractivity contribution is -0.118. The highest BCUT2D eigenvalue weighted by molar-refractivity contribution is 5.99. The second kappa shape index (κ2) is 7.30. The molecule has 1 heterocycles. The number of ether oxygens (including phenoxy) is 3. The zero-order valence-corrected chi connectivity index (χ0v) is 14.5. The molecule has 1 atom stereocenters. The van der Waals surface area contributed by atoms with Crippen molar-refractivity contribution in [3.8, 4) is 17.2 Å². The van der Waals surface area contributed by atoms with E-state index >= 15 is 0 Å². The lowest BCUT2D eigenvalue weighted by Crippen LogP contribution is -2.31. The molecule has 5 heteroatoms. The molecule has 1 unspecified atom stereocenters. The Balaban J connectivity index is 1.76. The van der Waals surface area contributed by atoms with E-state index in [0.717, 1.165) is 16.9 Å². The van der Waals surface area contributed by atoms with Gasteiger partial charge in [-0.25, -0.2) is 0 Å². The van der Waals surface area contributed by atoms with Crippen LogP contribution in [0.3, 0.4) is 0 Å². The van der Waals surface area contributed by atoms with Crippen LogP contribution < -0.4 is 19.5 Å². The number of rotatable bonds is 5. The molecule has 0 aliphatic carbocycles. The van der Waals surface area contributed by atoms with Gasteiger partial charge in [-0.3, -0.25) is 4.79 Å². The molecule has 0 saturated carbocycles. The van der Waals surface area contributed by atoms with E-state index in [-0.39, 0.29) is 18.6 Å². The predicted molar refractivity (Wildman–Crippen MR) is 96.0 cm³/mol. The number of carbonyl (C=O) groups is 1. The standard InChI is InChI=1S/C20H21NO4/c1-13(17-9-8-16(23-2)11-19(17)24-3)21-20(22)15-10-14-6-4-5-7-18(14)25-12-15/h4-11,13H,12H2,1-3H3,(H,21,22). The highest BCUT2D eigenvalue weighted by atomic mass is 16.5. The first-order valence-electron chi connectivity index (χ1n) is 8.07. The summed E-state index contributed by atoms with van der Waals surface area (Å²) >= 11 is 0. The zero-order chi connectivity index (χ0) is 17.8. The van der Waals surface area contributed by atoms with Crippen molar-refractivity contribution in [3.63, 3.8) is 0 Å². The fourth-order valence-corrected chi connectivity index (χ4v) is 2.79. The van der Waals surface area contributed by atoms with Crippen molar-refractivity contribution < 1.29 is 19.0 Å². The molecular formula is C20H21NO4. The Morgan fingerprint density at radius 2 is 1.96 bits per heavy atom. The van der Waals surface area contributed by atoms with Crippen LogP contribution >= 0.6 is 0 Å². The average Bonchev–Trinajstić information content (AvgIpc) is 2.66. The van der Waals surface area contributed by atoms with Crippen LogP contribution in [-0.2, 0) is 4.79 Å². The summed E-state index contributed by atoms with van der Waals surface area (Å²) in [4.78, 5) is 12.6. The first-order valence-corrected chi connectivity index (χ1v) is 8.07. The van der Waals surface area contributed by atoms with Crippen molar-refractivity contribution in [2.45, 2.75) is 13.0 Å². The van der Waals surface area contributed by atoms with Crippen molar-refractivity contribution in [2.75, 3.05) is 20.8 Å². The summed E-state index contributed by atoms with van der Waals surface area (Å²) in [5.74, 6) is 2.02. The van der Waals surface area contributed by atoms with Gasteiger partial charge in [-0.2, -0.15) is 0 Å². The molecule has 0 aromatic heterocycles. The van der Waals surface area contributed by atoms with E-state index < -0.39 is 0 Å². The molecule has 3 rings (SSSR count). The molecule has 130 valence electrons. The maximum Gasteiger partial charge on any atom is 0.251 e. The van der Waals surface area contributed by atoms with Gasteiger partial charge in [0.25, 0.3) is 5.91 Å². The quantitative estimate of drug-likeness (QED) is 0.907. The summed E-state index contributed by atoms with van der Waals surface area (Å²) in [6.07, 6.45) is 1.87. The van der Waals surface area contributed by atoms with Crippen LogP contribution in [0.15, 0.2) is 48.0 Å². The molecule has 25 heavy (non-hydrogen) atoms. The maximum atomic E-state index is 12.6. The van der Waals surface area contributed by atoms with E-state index in [1.807, 2.05) is 49.4 Å². The Morgan fingerprint density at radius 3 is 2.72 bits per heavy atom. The molecule has 0 bridgehead atoms. The fourth-order valence-electron chi connectivity index (χ4n) is 2.79. The third kappa shape index (κ3) is 3.60.